The number of urea groups is 1. The summed E-state index contributed by atoms with van der Waals surface area (Å²) in [6, 6.07) is 9.55. The smallest absolute Gasteiger partial charge is 0.317 e. The number of amides is 2. The molecule has 1 fully saturated rings. The highest BCUT2D eigenvalue weighted by Crippen LogP contribution is 2.23. The molecule has 0 radical (unpaired) electrons. The molecule has 1 aliphatic rings. The largest absolute Gasteiger partial charge is 0.481 e. The molecule has 5 heteroatoms. The Morgan fingerprint density at radius 3 is 2.58 bits per heavy atom. The van der Waals surface area contributed by atoms with Gasteiger partial charge in [0.25, 0.3) is 0 Å². The number of hydrogen-bond acceptors (Lipinski definition) is 2. The van der Waals surface area contributed by atoms with Crippen molar-refractivity contribution in [3.05, 3.63) is 35.9 Å². The lowest BCUT2D eigenvalue weighted by molar-refractivity contribution is -0.144. The number of carboxylic acid groups (broad SMARTS) is 1. The maximum absolute atomic E-state index is 11.8. The third-order valence-electron chi connectivity index (χ3n) is 3.58. The summed E-state index contributed by atoms with van der Waals surface area (Å²) >= 11 is 0. The predicted molar refractivity (Wildman–Crippen MR) is 70.5 cm³/mol. The minimum atomic E-state index is -0.797. The zero-order valence-electron chi connectivity index (χ0n) is 10.9. The van der Waals surface area contributed by atoms with Crippen molar-refractivity contribution in [1.29, 1.82) is 0 Å². The van der Waals surface area contributed by atoms with Crippen molar-refractivity contribution in [3.63, 3.8) is 0 Å². The fourth-order valence-electron chi connectivity index (χ4n) is 2.08. The number of benzene rings is 1. The summed E-state index contributed by atoms with van der Waals surface area (Å²) in [6.07, 6.45) is 0. The van der Waals surface area contributed by atoms with E-state index in [2.05, 4.69) is 5.32 Å². The average molecular weight is 262 g/mol. The molecule has 0 spiro atoms. The Balaban J connectivity index is 1.73. The molecule has 5 nitrogen and oxygen atoms in total. The minimum Gasteiger partial charge on any atom is -0.481 e. The zero-order valence-corrected chi connectivity index (χ0v) is 10.9. The summed E-state index contributed by atoms with van der Waals surface area (Å²) < 4.78 is 0. The van der Waals surface area contributed by atoms with Gasteiger partial charge in [-0.05, 0) is 5.56 Å². The number of nitrogens with zero attached hydrogens (tertiary/aromatic N) is 1. The maximum atomic E-state index is 11.8. The number of carbonyl (C=O) groups is 2. The number of rotatable bonds is 4. The van der Waals surface area contributed by atoms with Gasteiger partial charge in [-0.25, -0.2) is 4.79 Å². The first-order valence-corrected chi connectivity index (χ1v) is 6.37. The molecule has 2 N–H and O–H groups in total. The van der Waals surface area contributed by atoms with E-state index in [9.17, 15) is 9.59 Å². The van der Waals surface area contributed by atoms with E-state index in [0.29, 0.717) is 19.6 Å². The molecule has 1 atom stereocenters. The second kappa shape index (κ2) is 5.73. The maximum Gasteiger partial charge on any atom is 0.317 e. The van der Waals surface area contributed by atoms with Crippen molar-refractivity contribution in [2.75, 3.05) is 13.1 Å². The SMILES string of the molecule is CC(C(=O)O)C1CN(C(=O)NCc2ccccc2)C1. The number of carbonyl (C=O) groups excluding carboxylic acids is 1. The Morgan fingerprint density at radius 2 is 2.00 bits per heavy atom. The van der Waals surface area contributed by atoms with Gasteiger partial charge < -0.3 is 15.3 Å². The molecule has 0 bridgehead atoms. The fourth-order valence-corrected chi connectivity index (χ4v) is 2.08. The van der Waals surface area contributed by atoms with Crippen molar-refractivity contribution in [2.24, 2.45) is 11.8 Å². The minimum absolute atomic E-state index is 0.0694. The van der Waals surface area contributed by atoms with Gasteiger partial charge in [0.15, 0.2) is 0 Å². The van der Waals surface area contributed by atoms with Gasteiger partial charge in [0.2, 0.25) is 0 Å². The number of hydrogen-bond donors (Lipinski definition) is 2. The molecule has 19 heavy (non-hydrogen) atoms. The van der Waals surface area contributed by atoms with Gasteiger partial charge in [-0.2, -0.15) is 0 Å². The molecule has 1 unspecified atom stereocenters. The third-order valence-corrected chi connectivity index (χ3v) is 3.58. The van der Waals surface area contributed by atoms with E-state index < -0.39 is 11.9 Å². The average Bonchev–Trinajstić information content (AvgIpc) is 2.35. The Bertz CT molecular complexity index is 455. The standard InChI is InChI=1S/C14H18N2O3/c1-10(13(17)18)12-8-16(9-12)14(19)15-7-11-5-3-2-4-6-11/h2-6,10,12H,7-9H2,1H3,(H,15,19)(H,17,18). The van der Waals surface area contributed by atoms with Crippen LogP contribution in [0.2, 0.25) is 0 Å². The summed E-state index contributed by atoms with van der Waals surface area (Å²) in [6.45, 7) is 3.23. The van der Waals surface area contributed by atoms with Gasteiger partial charge in [0.1, 0.15) is 0 Å². The van der Waals surface area contributed by atoms with Crippen LogP contribution in [0, 0.1) is 11.8 Å². The molecule has 1 aromatic rings. The number of aliphatic carboxylic acids is 1. The second-order valence-electron chi connectivity index (χ2n) is 4.94. The van der Waals surface area contributed by atoms with Crippen LogP contribution in [0.25, 0.3) is 0 Å². The number of likely N-dealkylation sites (tertiary alicyclic amines) is 1. The molecule has 1 aromatic carbocycles. The number of nitrogens with one attached hydrogen (secondary N) is 1. The zero-order chi connectivity index (χ0) is 13.8. The van der Waals surface area contributed by atoms with Crippen LogP contribution in [-0.4, -0.2) is 35.1 Å². The van der Waals surface area contributed by atoms with Crippen LogP contribution >= 0.6 is 0 Å². The quantitative estimate of drug-likeness (QED) is 0.865. The van der Waals surface area contributed by atoms with Gasteiger partial charge in [0.05, 0.1) is 5.92 Å². The Morgan fingerprint density at radius 1 is 1.37 bits per heavy atom. The molecule has 1 saturated heterocycles. The second-order valence-corrected chi connectivity index (χ2v) is 4.94. The van der Waals surface area contributed by atoms with E-state index in [-0.39, 0.29) is 11.9 Å². The Kier molecular flexibility index (Phi) is 4.04. The predicted octanol–water partition coefficient (Wildman–Crippen LogP) is 1.55. The van der Waals surface area contributed by atoms with Crippen LogP contribution in [0.1, 0.15) is 12.5 Å². The molecule has 2 amide bonds. The van der Waals surface area contributed by atoms with E-state index in [4.69, 9.17) is 5.11 Å². The van der Waals surface area contributed by atoms with Crippen LogP contribution in [0.5, 0.6) is 0 Å². The van der Waals surface area contributed by atoms with Gasteiger partial charge in [0, 0.05) is 25.6 Å². The summed E-state index contributed by atoms with van der Waals surface area (Å²) in [7, 11) is 0. The van der Waals surface area contributed by atoms with Gasteiger partial charge in [-0.3, -0.25) is 4.79 Å². The number of carboxylic acids is 1. The van der Waals surface area contributed by atoms with E-state index in [1.54, 1.807) is 11.8 Å². The van der Waals surface area contributed by atoms with E-state index in [1.165, 1.54) is 0 Å². The molecule has 0 aromatic heterocycles. The van der Waals surface area contributed by atoms with Crippen molar-refractivity contribution >= 4 is 12.0 Å². The Hall–Kier alpha value is -2.04. The lowest BCUT2D eigenvalue weighted by Crippen LogP contribution is -2.56. The molecule has 102 valence electrons. The van der Waals surface area contributed by atoms with Crippen LogP contribution in [0.3, 0.4) is 0 Å². The van der Waals surface area contributed by atoms with E-state index in [0.717, 1.165) is 5.56 Å². The van der Waals surface area contributed by atoms with Crippen LogP contribution in [0.15, 0.2) is 30.3 Å². The Labute approximate surface area is 112 Å². The molecule has 0 aliphatic carbocycles. The molecule has 0 saturated carbocycles. The van der Waals surface area contributed by atoms with Crippen molar-refractivity contribution in [1.82, 2.24) is 10.2 Å². The summed E-state index contributed by atoms with van der Waals surface area (Å²) in [4.78, 5) is 24.3. The lowest BCUT2D eigenvalue weighted by atomic mass is 9.87. The topological polar surface area (TPSA) is 69.6 Å². The van der Waals surface area contributed by atoms with E-state index in [1.807, 2.05) is 30.3 Å². The van der Waals surface area contributed by atoms with Gasteiger partial charge in [-0.1, -0.05) is 37.3 Å². The molecule has 1 aliphatic heterocycles. The normalized spacial score (nSPS) is 16.6. The van der Waals surface area contributed by atoms with Crippen LogP contribution < -0.4 is 5.32 Å². The van der Waals surface area contributed by atoms with Crippen molar-refractivity contribution < 1.29 is 14.7 Å². The first-order valence-electron chi connectivity index (χ1n) is 6.37. The highest BCUT2D eigenvalue weighted by Gasteiger charge is 2.36. The summed E-state index contributed by atoms with van der Waals surface area (Å²) in [5.41, 5.74) is 1.05. The van der Waals surface area contributed by atoms with Crippen LogP contribution in [-0.2, 0) is 11.3 Å². The van der Waals surface area contributed by atoms with Gasteiger partial charge >= 0.3 is 12.0 Å². The third kappa shape index (κ3) is 3.24. The first-order chi connectivity index (χ1) is 9.08. The van der Waals surface area contributed by atoms with E-state index >= 15 is 0 Å². The highest BCUT2D eigenvalue weighted by molar-refractivity contribution is 5.76. The molecule has 1 heterocycles. The van der Waals surface area contributed by atoms with Crippen LogP contribution in [0.4, 0.5) is 4.79 Å². The highest BCUT2D eigenvalue weighted by atomic mass is 16.4. The molecule has 2 rings (SSSR count). The molecular formula is C14H18N2O3. The first kappa shape index (κ1) is 13.4. The lowest BCUT2D eigenvalue weighted by Gasteiger charge is -2.41. The fraction of sp³-hybridized carbons (Fsp3) is 0.429. The monoisotopic (exact) mass is 262 g/mol. The summed E-state index contributed by atoms with van der Waals surface area (Å²) in [5.74, 6) is -1.12. The van der Waals surface area contributed by atoms with Crippen molar-refractivity contribution in [3.8, 4) is 0 Å². The van der Waals surface area contributed by atoms with Gasteiger partial charge in [-0.15, -0.1) is 0 Å². The summed E-state index contributed by atoms with van der Waals surface area (Å²) in [5, 5.41) is 11.7. The van der Waals surface area contributed by atoms with Crippen molar-refractivity contribution in [2.45, 2.75) is 13.5 Å². The molecular weight excluding hydrogens is 244 g/mol.